The maximum atomic E-state index is 9.53. The van der Waals surface area contributed by atoms with Gasteiger partial charge in [-0.2, -0.15) is 0 Å². The summed E-state index contributed by atoms with van der Waals surface area (Å²) in [6, 6.07) is 3.97. The quantitative estimate of drug-likeness (QED) is 0.911. The van der Waals surface area contributed by atoms with E-state index in [2.05, 4.69) is 15.9 Å². The lowest BCUT2D eigenvalue weighted by atomic mass is 9.74. The highest BCUT2D eigenvalue weighted by atomic mass is 79.9. The minimum atomic E-state index is 0.00394. The van der Waals surface area contributed by atoms with Gasteiger partial charge in [-0.25, -0.2) is 0 Å². The van der Waals surface area contributed by atoms with Crippen molar-refractivity contribution in [1.82, 2.24) is 0 Å². The third-order valence-corrected chi connectivity index (χ3v) is 4.94. The molecule has 0 aromatic heterocycles. The van der Waals surface area contributed by atoms with Gasteiger partial charge in [0.2, 0.25) is 0 Å². The number of hydrogen-bond acceptors (Lipinski definition) is 3. The predicted molar refractivity (Wildman–Crippen MR) is 81.0 cm³/mol. The van der Waals surface area contributed by atoms with Gasteiger partial charge < -0.3 is 14.6 Å². The van der Waals surface area contributed by atoms with E-state index in [1.165, 1.54) is 19.3 Å². The van der Waals surface area contributed by atoms with Gasteiger partial charge in [-0.3, -0.25) is 0 Å². The summed E-state index contributed by atoms with van der Waals surface area (Å²) in [5.41, 5.74) is 2.01. The highest BCUT2D eigenvalue weighted by Crippen LogP contribution is 2.43. The lowest BCUT2D eigenvalue weighted by Gasteiger charge is -2.47. The SMILES string of the molecule is Cc1cc(Br)cc(CO)c1OC1CCOC2(CCC2)C1. The van der Waals surface area contributed by atoms with Gasteiger partial charge >= 0.3 is 0 Å². The summed E-state index contributed by atoms with van der Waals surface area (Å²) in [6.07, 6.45) is 5.72. The molecule has 3 rings (SSSR count). The average Bonchev–Trinajstić information content (AvgIpc) is 2.40. The molecule has 1 N–H and O–H groups in total. The van der Waals surface area contributed by atoms with Crippen molar-refractivity contribution >= 4 is 15.9 Å². The van der Waals surface area contributed by atoms with Crippen LogP contribution in [0.1, 0.15) is 43.2 Å². The zero-order valence-corrected chi connectivity index (χ0v) is 13.4. The molecule has 4 heteroatoms. The summed E-state index contributed by atoms with van der Waals surface area (Å²) < 4.78 is 13.2. The molecule has 0 bridgehead atoms. The maximum Gasteiger partial charge on any atom is 0.128 e. The molecule has 20 heavy (non-hydrogen) atoms. The van der Waals surface area contributed by atoms with Crippen LogP contribution in [0.4, 0.5) is 0 Å². The highest BCUT2D eigenvalue weighted by molar-refractivity contribution is 9.10. The molecule has 2 aliphatic rings. The molecule has 1 atom stereocenters. The molecule has 1 saturated heterocycles. The number of hydrogen-bond donors (Lipinski definition) is 1. The Balaban J connectivity index is 1.77. The molecule has 1 heterocycles. The van der Waals surface area contributed by atoms with Crippen LogP contribution >= 0.6 is 15.9 Å². The van der Waals surface area contributed by atoms with E-state index in [-0.39, 0.29) is 18.3 Å². The van der Waals surface area contributed by atoms with E-state index in [0.717, 1.165) is 40.8 Å². The Labute approximate surface area is 128 Å². The molecule has 1 saturated carbocycles. The smallest absolute Gasteiger partial charge is 0.128 e. The zero-order valence-electron chi connectivity index (χ0n) is 11.8. The number of ether oxygens (including phenoxy) is 2. The topological polar surface area (TPSA) is 38.7 Å². The Morgan fingerprint density at radius 3 is 2.90 bits per heavy atom. The lowest BCUT2D eigenvalue weighted by Crippen LogP contribution is -2.48. The van der Waals surface area contributed by atoms with E-state index < -0.39 is 0 Å². The van der Waals surface area contributed by atoms with Crippen molar-refractivity contribution in [3.05, 3.63) is 27.7 Å². The molecule has 2 fully saturated rings. The third-order valence-electron chi connectivity index (χ3n) is 4.48. The van der Waals surface area contributed by atoms with Gasteiger partial charge in [-0.05, 0) is 43.9 Å². The van der Waals surface area contributed by atoms with Crippen molar-refractivity contribution in [2.75, 3.05) is 6.61 Å². The summed E-state index contributed by atoms with van der Waals surface area (Å²) in [4.78, 5) is 0. The lowest BCUT2D eigenvalue weighted by molar-refractivity contribution is -0.153. The molecule has 1 aliphatic heterocycles. The summed E-state index contributed by atoms with van der Waals surface area (Å²) in [7, 11) is 0. The minimum absolute atomic E-state index is 0.00394. The van der Waals surface area contributed by atoms with Crippen molar-refractivity contribution < 1.29 is 14.6 Å². The summed E-state index contributed by atoms with van der Waals surface area (Å²) >= 11 is 3.46. The first-order valence-corrected chi connectivity index (χ1v) is 8.12. The molecular formula is C16H21BrO3. The van der Waals surface area contributed by atoms with Gasteiger partial charge in [0.05, 0.1) is 18.8 Å². The second kappa shape index (κ2) is 5.66. The van der Waals surface area contributed by atoms with E-state index in [4.69, 9.17) is 9.47 Å². The predicted octanol–water partition coefficient (Wildman–Crippen LogP) is 3.73. The van der Waals surface area contributed by atoms with Crippen LogP contribution in [0.5, 0.6) is 5.75 Å². The molecule has 3 nitrogen and oxygen atoms in total. The second-order valence-corrected chi connectivity index (χ2v) is 6.90. The second-order valence-electron chi connectivity index (χ2n) is 5.99. The molecule has 1 aromatic rings. The minimum Gasteiger partial charge on any atom is -0.490 e. The number of aliphatic hydroxyl groups is 1. The number of benzene rings is 1. The van der Waals surface area contributed by atoms with Crippen LogP contribution in [0.3, 0.4) is 0 Å². The van der Waals surface area contributed by atoms with E-state index in [0.29, 0.717) is 0 Å². The van der Waals surface area contributed by atoms with Gasteiger partial charge in [-0.1, -0.05) is 15.9 Å². The van der Waals surface area contributed by atoms with Crippen LogP contribution in [-0.4, -0.2) is 23.4 Å². The zero-order chi connectivity index (χ0) is 14.2. The summed E-state index contributed by atoms with van der Waals surface area (Å²) in [5.74, 6) is 0.845. The normalized spacial score (nSPS) is 24.4. The average molecular weight is 341 g/mol. The van der Waals surface area contributed by atoms with E-state index >= 15 is 0 Å². The molecular weight excluding hydrogens is 320 g/mol. The largest absolute Gasteiger partial charge is 0.490 e. The van der Waals surface area contributed by atoms with Crippen molar-refractivity contribution in [2.45, 2.75) is 57.3 Å². The first kappa shape index (κ1) is 14.4. The Hall–Kier alpha value is -0.580. The number of halogens is 1. The van der Waals surface area contributed by atoms with E-state index in [9.17, 15) is 5.11 Å². The van der Waals surface area contributed by atoms with Gasteiger partial charge in [0.25, 0.3) is 0 Å². The highest BCUT2D eigenvalue weighted by Gasteiger charge is 2.43. The van der Waals surface area contributed by atoms with Crippen LogP contribution < -0.4 is 4.74 Å². The standard InChI is InChI=1S/C16H21BrO3/c1-11-7-13(17)8-12(10-18)15(11)20-14-3-6-19-16(9-14)4-2-5-16/h7-8,14,18H,2-6,9-10H2,1H3. The number of rotatable bonds is 3. The fourth-order valence-corrected chi connectivity index (χ4v) is 3.87. The molecule has 1 aliphatic carbocycles. The van der Waals surface area contributed by atoms with Crippen molar-refractivity contribution in [3.8, 4) is 5.75 Å². The van der Waals surface area contributed by atoms with Crippen LogP contribution in [0, 0.1) is 6.92 Å². The molecule has 1 unspecified atom stereocenters. The van der Waals surface area contributed by atoms with Crippen molar-refractivity contribution in [3.63, 3.8) is 0 Å². The third kappa shape index (κ3) is 2.74. The van der Waals surface area contributed by atoms with Crippen LogP contribution in [0.2, 0.25) is 0 Å². The van der Waals surface area contributed by atoms with Gasteiger partial charge in [0.15, 0.2) is 0 Å². The summed E-state index contributed by atoms with van der Waals surface area (Å²) in [5, 5.41) is 9.53. The van der Waals surface area contributed by atoms with Gasteiger partial charge in [0, 0.05) is 22.9 Å². The first-order chi connectivity index (χ1) is 9.62. The van der Waals surface area contributed by atoms with Crippen LogP contribution in [0.15, 0.2) is 16.6 Å². The van der Waals surface area contributed by atoms with Crippen molar-refractivity contribution in [2.24, 2.45) is 0 Å². The van der Waals surface area contributed by atoms with E-state index in [1.54, 1.807) is 0 Å². The monoisotopic (exact) mass is 340 g/mol. The fourth-order valence-electron chi connectivity index (χ4n) is 3.25. The molecule has 1 spiro atoms. The Kier molecular flexibility index (Phi) is 4.07. The van der Waals surface area contributed by atoms with E-state index in [1.807, 2.05) is 19.1 Å². The number of aryl methyl sites for hydroxylation is 1. The summed E-state index contributed by atoms with van der Waals surface area (Å²) in [6.45, 7) is 2.82. The first-order valence-electron chi connectivity index (χ1n) is 7.32. The van der Waals surface area contributed by atoms with Crippen molar-refractivity contribution in [1.29, 1.82) is 0 Å². The Bertz CT molecular complexity index is 497. The molecule has 110 valence electrons. The molecule has 1 aromatic carbocycles. The Morgan fingerprint density at radius 1 is 1.45 bits per heavy atom. The maximum absolute atomic E-state index is 9.53. The van der Waals surface area contributed by atoms with Gasteiger partial charge in [0.1, 0.15) is 11.9 Å². The fraction of sp³-hybridized carbons (Fsp3) is 0.625. The molecule has 0 radical (unpaired) electrons. The molecule has 0 amide bonds. The number of aliphatic hydroxyl groups excluding tert-OH is 1. The van der Waals surface area contributed by atoms with Crippen LogP contribution in [0.25, 0.3) is 0 Å². The van der Waals surface area contributed by atoms with Gasteiger partial charge in [-0.15, -0.1) is 0 Å². The van der Waals surface area contributed by atoms with Crippen LogP contribution in [-0.2, 0) is 11.3 Å². The Morgan fingerprint density at radius 2 is 2.25 bits per heavy atom.